The van der Waals surface area contributed by atoms with E-state index < -0.39 is 24.2 Å². The summed E-state index contributed by atoms with van der Waals surface area (Å²) in [6.45, 7) is 0. The predicted octanol–water partition coefficient (Wildman–Crippen LogP) is 3.47. The van der Waals surface area contributed by atoms with Crippen molar-refractivity contribution in [1.82, 2.24) is 0 Å². The zero-order valence-electron chi connectivity index (χ0n) is 6.73. The molecule has 0 fully saturated rings. The molecular weight excluding hydrogens is 210 g/mol. The highest BCUT2D eigenvalue weighted by molar-refractivity contribution is 5.16. The molecule has 0 radical (unpaired) electrons. The van der Waals surface area contributed by atoms with Crippen LogP contribution in [-0.2, 0) is 0 Å². The SMILES string of the molecule is FC(F)(F)C1C=CC(C(F)(F)F)C=C1. The molecule has 0 saturated heterocycles. The van der Waals surface area contributed by atoms with Gasteiger partial charge in [0, 0.05) is 0 Å². The van der Waals surface area contributed by atoms with Gasteiger partial charge in [-0.3, -0.25) is 0 Å². The molecule has 6 heteroatoms. The second-order valence-electron chi connectivity index (χ2n) is 2.90. The van der Waals surface area contributed by atoms with Crippen molar-refractivity contribution in [3.8, 4) is 0 Å². The molecule has 0 atom stereocenters. The van der Waals surface area contributed by atoms with Crippen molar-refractivity contribution in [3.63, 3.8) is 0 Å². The molecule has 0 saturated carbocycles. The standard InChI is InChI=1S/C8H6F6/c9-7(10,11)5-1-2-6(4-3-5)8(12,13)14/h1-6H. The van der Waals surface area contributed by atoms with Crippen molar-refractivity contribution in [2.24, 2.45) is 11.8 Å². The molecule has 0 spiro atoms. The van der Waals surface area contributed by atoms with Crippen LogP contribution in [0.4, 0.5) is 26.3 Å². The van der Waals surface area contributed by atoms with E-state index in [1.807, 2.05) is 0 Å². The first-order valence-electron chi connectivity index (χ1n) is 3.71. The van der Waals surface area contributed by atoms with Gasteiger partial charge in [0.25, 0.3) is 0 Å². The first kappa shape index (κ1) is 11.1. The summed E-state index contributed by atoms with van der Waals surface area (Å²) in [4.78, 5) is 0. The molecule has 0 heterocycles. The van der Waals surface area contributed by atoms with Gasteiger partial charge in [0.1, 0.15) is 0 Å². The Labute approximate surface area is 75.9 Å². The smallest absolute Gasteiger partial charge is 0.170 e. The maximum absolute atomic E-state index is 12.0. The summed E-state index contributed by atoms with van der Waals surface area (Å²) in [6.07, 6.45) is -6.92. The van der Waals surface area contributed by atoms with Crippen molar-refractivity contribution < 1.29 is 26.3 Å². The van der Waals surface area contributed by atoms with Crippen LogP contribution in [0.1, 0.15) is 0 Å². The number of allylic oxidation sites excluding steroid dienone is 4. The monoisotopic (exact) mass is 216 g/mol. The Hall–Kier alpha value is -0.940. The van der Waals surface area contributed by atoms with Gasteiger partial charge in [0.05, 0.1) is 11.8 Å². The van der Waals surface area contributed by atoms with Gasteiger partial charge in [-0.05, 0) is 0 Å². The lowest BCUT2D eigenvalue weighted by molar-refractivity contribution is -0.158. The zero-order chi connectivity index (χ0) is 11.0. The number of hydrogen-bond acceptors (Lipinski definition) is 0. The fourth-order valence-corrected chi connectivity index (χ4v) is 1.04. The molecule has 1 aliphatic rings. The van der Waals surface area contributed by atoms with E-state index in [0.717, 1.165) is 0 Å². The third kappa shape index (κ3) is 2.52. The summed E-state index contributed by atoms with van der Waals surface area (Å²) < 4.78 is 71.9. The van der Waals surface area contributed by atoms with Crippen LogP contribution in [0.3, 0.4) is 0 Å². The lowest BCUT2D eigenvalue weighted by Gasteiger charge is -2.20. The normalized spacial score (nSPS) is 28.1. The summed E-state index contributed by atoms with van der Waals surface area (Å²) in [5.41, 5.74) is 0. The van der Waals surface area contributed by atoms with E-state index in [2.05, 4.69) is 0 Å². The van der Waals surface area contributed by atoms with Crippen LogP contribution in [0.5, 0.6) is 0 Å². The molecule has 0 aromatic rings. The van der Waals surface area contributed by atoms with Crippen LogP contribution < -0.4 is 0 Å². The van der Waals surface area contributed by atoms with E-state index in [0.29, 0.717) is 24.3 Å². The van der Waals surface area contributed by atoms with E-state index in [9.17, 15) is 26.3 Å². The van der Waals surface area contributed by atoms with E-state index in [1.165, 1.54) is 0 Å². The predicted molar refractivity (Wildman–Crippen MR) is 37.4 cm³/mol. The third-order valence-corrected chi connectivity index (χ3v) is 1.81. The van der Waals surface area contributed by atoms with E-state index in [4.69, 9.17) is 0 Å². The van der Waals surface area contributed by atoms with E-state index >= 15 is 0 Å². The van der Waals surface area contributed by atoms with Gasteiger partial charge in [-0.2, -0.15) is 26.3 Å². The molecule has 0 aliphatic heterocycles. The Kier molecular flexibility index (Phi) is 2.65. The molecule has 0 N–H and O–H groups in total. The minimum absolute atomic E-state index is 0.526. The van der Waals surface area contributed by atoms with Gasteiger partial charge in [-0.15, -0.1) is 0 Å². The Morgan fingerprint density at radius 1 is 0.571 bits per heavy atom. The molecule has 0 aromatic heterocycles. The molecule has 0 aromatic carbocycles. The molecule has 0 bridgehead atoms. The first-order chi connectivity index (χ1) is 6.21. The highest BCUT2D eigenvalue weighted by Crippen LogP contribution is 2.36. The largest absolute Gasteiger partial charge is 0.398 e. The number of hydrogen-bond donors (Lipinski definition) is 0. The van der Waals surface area contributed by atoms with Crippen LogP contribution >= 0.6 is 0 Å². The number of alkyl halides is 6. The fraction of sp³-hybridized carbons (Fsp3) is 0.500. The summed E-state index contributed by atoms with van der Waals surface area (Å²) >= 11 is 0. The van der Waals surface area contributed by atoms with E-state index in [1.54, 1.807) is 0 Å². The molecule has 0 amide bonds. The fourth-order valence-electron chi connectivity index (χ4n) is 1.04. The lowest BCUT2D eigenvalue weighted by atomic mass is 9.95. The third-order valence-electron chi connectivity index (χ3n) is 1.81. The highest BCUT2D eigenvalue weighted by Gasteiger charge is 2.41. The Morgan fingerprint density at radius 2 is 0.786 bits per heavy atom. The van der Waals surface area contributed by atoms with Crippen LogP contribution in [0, 0.1) is 11.8 Å². The van der Waals surface area contributed by atoms with Crippen molar-refractivity contribution in [3.05, 3.63) is 24.3 Å². The number of rotatable bonds is 0. The molecule has 1 rings (SSSR count). The summed E-state index contributed by atoms with van der Waals surface area (Å²) in [5, 5.41) is 0. The van der Waals surface area contributed by atoms with Gasteiger partial charge in [0.2, 0.25) is 0 Å². The average Bonchev–Trinajstić information content (AvgIpc) is 2.01. The average molecular weight is 216 g/mol. The highest BCUT2D eigenvalue weighted by atomic mass is 19.4. The topological polar surface area (TPSA) is 0 Å². The molecule has 14 heavy (non-hydrogen) atoms. The first-order valence-corrected chi connectivity index (χ1v) is 3.71. The van der Waals surface area contributed by atoms with Crippen LogP contribution in [0.2, 0.25) is 0 Å². The van der Waals surface area contributed by atoms with Crippen LogP contribution in [0.25, 0.3) is 0 Å². The summed E-state index contributed by atoms with van der Waals surface area (Å²) in [7, 11) is 0. The van der Waals surface area contributed by atoms with Gasteiger partial charge in [-0.25, -0.2) is 0 Å². The van der Waals surface area contributed by atoms with Gasteiger partial charge < -0.3 is 0 Å². The zero-order valence-corrected chi connectivity index (χ0v) is 6.73. The van der Waals surface area contributed by atoms with E-state index in [-0.39, 0.29) is 0 Å². The lowest BCUT2D eigenvalue weighted by Crippen LogP contribution is -2.25. The van der Waals surface area contributed by atoms with Crippen molar-refractivity contribution in [2.75, 3.05) is 0 Å². The van der Waals surface area contributed by atoms with Crippen molar-refractivity contribution >= 4 is 0 Å². The Bertz CT molecular complexity index is 216. The minimum Gasteiger partial charge on any atom is -0.170 e. The van der Waals surface area contributed by atoms with Gasteiger partial charge >= 0.3 is 12.4 Å². The molecule has 1 aliphatic carbocycles. The molecule has 80 valence electrons. The molecular formula is C8H6F6. The maximum atomic E-state index is 12.0. The van der Waals surface area contributed by atoms with Crippen molar-refractivity contribution in [2.45, 2.75) is 12.4 Å². The molecule has 0 unspecified atom stereocenters. The van der Waals surface area contributed by atoms with Gasteiger partial charge in [0.15, 0.2) is 0 Å². The Morgan fingerprint density at radius 3 is 0.929 bits per heavy atom. The Balaban J connectivity index is 2.72. The van der Waals surface area contributed by atoms with Crippen LogP contribution in [-0.4, -0.2) is 12.4 Å². The number of halogens is 6. The van der Waals surface area contributed by atoms with Crippen molar-refractivity contribution in [1.29, 1.82) is 0 Å². The van der Waals surface area contributed by atoms with Gasteiger partial charge in [-0.1, -0.05) is 24.3 Å². The summed E-state index contributed by atoms with van der Waals surface area (Å²) in [6, 6.07) is 0. The quantitative estimate of drug-likeness (QED) is 0.429. The summed E-state index contributed by atoms with van der Waals surface area (Å²) in [5.74, 6) is -3.80. The maximum Gasteiger partial charge on any atom is 0.398 e. The minimum atomic E-state index is -4.51. The molecule has 0 nitrogen and oxygen atoms in total. The second kappa shape index (κ2) is 3.33. The van der Waals surface area contributed by atoms with Crippen LogP contribution in [0.15, 0.2) is 24.3 Å². The second-order valence-corrected chi connectivity index (χ2v) is 2.90.